The molecule has 7 nitrogen and oxygen atoms in total. The van der Waals surface area contributed by atoms with Crippen LogP contribution in [0.2, 0.25) is 0 Å². The maximum absolute atomic E-state index is 13.3. The number of hydrogen-bond acceptors (Lipinski definition) is 6. The molecule has 1 N–H and O–H groups in total. The van der Waals surface area contributed by atoms with Gasteiger partial charge in [-0.05, 0) is 30.3 Å². The van der Waals surface area contributed by atoms with Crippen molar-refractivity contribution in [3.63, 3.8) is 0 Å². The minimum atomic E-state index is -1.36. The Morgan fingerprint density at radius 2 is 1.89 bits per heavy atom. The zero-order chi connectivity index (χ0) is 21.0. The molecular weight excluding hydrogens is 364 g/mol. The minimum absolute atomic E-state index is 0.119. The van der Waals surface area contributed by atoms with E-state index in [2.05, 4.69) is 0 Å². The lowest BCUT2D eigenvalue weighted by molar-refractivity contribution is -0.151. The number of hydrogen-bond donors (Lipinski definition) is 1. The molecule has 1 saturated heterocycles. The second-order valence-corrected chi connectivity index (χ2v) is 8.82. The zero-order valence-electron chi connectivity index (χ0n) is 16.8. The van der Waals surface area contributed by atoms with Gasteiger partial charge in [0.25, 0.3) is 0 Å². The molecule has 2 fully saturated rings. The SMILES string of the molecule is COC(=O)/C(=C/C1=C(C(=O)O)C23CCCC(C)(C)C2C(OC3=O)C1=O)C(C)C. The Kier molecular flexibility index (Phi) is 4.76. The van der Waals surface area contributed by atoms with Gasteiger partial charge < -0.3 is 14.6 Å². The number of ketones is 1. The normalized spacial score (nSPS) is 31.6. The van der Waals surface area contributed by atoms with Crippen LogP contribution in [0.3, 0.4) is 0 Å². The number of carbonyl (C=O) groups is 4. The van der Waals surface area contributed by atoms with Crippen molar-refractivity contribution in [3.8, 4) is 0 Å². The van der Waals surface area contributed by atoms with Gasteiger partial charge in [0.1, 0.15) is 5.41 Å². The topological polar surface area (TPSA) is 107 Å². The number of carbonyl (C=O) groups excluding carboxylic acids is 3. The number of Topliss-reactive ketones (excluding diaryl/α,β-unsaturated/α-hetero) is 1. The van der Waals surface area contributed by atoms with Crippen molar-refractivity contribution in [2.75, 3.05) is 7.11 Å². The third kappa shape index (κ3) is 2.63. The van der Waals surface area contributed by atoms with Crippen LogP contribution in [0.4, 0.5) is 0 Å². The van der Waals surface area contributed by atoms with E-state index in [1.807, 2.05) is 13.8 Å². The van der Waals surface area contributed by atoms with Crippen molar-refractivity contribution in [2.45, 2.75) is 53.1 Å². The van der Waals surface area contributed by atoms with Crippen LogP contribution in [0.25, 0.3) is 0 Å². The van der Waals surface area contributed by atoms with Crippen molar-refractivity contribution in [3.05, 3.63) is 22.8 Å². The molecule has 1 aliphatic heterocycles. The molecule has 0 aromatic rings. The van der Waals surface area contributed by atoms with Crippen LogP contribution in [0.1, 0.15) is 47.0 Å². The number of esters is 2. The molecule has 3 aliphatic rings. The van der Waals surface area contributed by atoms with Gasteiger partial charge in [0.2, 0.25) is 5.78 Å². The van der Waals surface area contributed by atoms with E-state index in [4.69, 9.17) is 9.47 Å². The van der Waals surface area contributed by atoms with Crippen LogP contribution < -0.4 is 0 Å². The monoisotopic (exact) mass is 390 g/mol. The summed E-state index contributed by atoms with van der Waals surface area (Å²) in [6.45, 7) is 7.39. The Balaban J connectivity index is 2.33. The largest absolute Gasteiger partial charge is 0.478 e. The summed E-state index contributed by atoms with van der Waals surface area (Å²) in [7, 11) is 1.22. The molecule has 0 aromatic heterocycles. The molecule has 0 aromatic carbocycles. The maximum atomic E-state index is 13.3. The summed E-state index contributed by atoms with van der Waals surface area (Å²) in [4.78, 5) is 50.7. The third-order valence-corrected chi connectivity index (χ3v) is 6.46. The van der Waals surface area contributed by atoms with Gasteiger partial charge in [0.05, 0.1) is 12.7 Å². The first-order chi connectivity index (χ1) is 13.0. The predicted octanol–water partition coefficient (Wildman–Crippen LogP) is 2.44. The summed E-state index contributed by atoms with van der Waals surface area (Å²) in [5.74, 6) is -3.99. The molecule has 1 saturated carbocycles. The lowest BCUT2D eigenvalue weighted by Crippen LogP contribution is -2.54. The quantitative estimate of drug-likeness (QED) is 0.580. The van der Waals surface area contributed by atoms with Crippen LogP contribution >= 0.6 is 0 Å². The number of rotatable bonds is 4. The Labute approximate surface area is 163 Å². The van der Waals surface area contributed by atoms with Crippen LogP contribution in [-0.4, -0.2) is 42.0 Å². The number of ether oxygens (including phenoxy) is 2. The Hall–Kier alpha value is -2.44. The molecule has 3 rings (SSSR count). The van der Waals surface area contributed by atoms with Crippen LogP contribution in [-0.2, 0) is 28.7 Å². The van der Waals surface area contributed by atoms with Gasteiger partial charge >= 0.3 is 17.9 Å². The molecule has 28 heavy (non-hydrogen) atoms. The molecule has 0 spiro atoms. The molecule has 2 bridgehead atoms. The fourth-order valence-electron chi connectivity index (χ4n) is 5.27. The maximum Gasteiger partial charge on any atom is 0.334 e. The zero-order valence-corrected chi connectivity index (χ0v) is 16.8. The molecule has 7 heteroatoms. The summed E-state index contributed by atoms with van der Waals surface area (Å²) >= 11 is 0. The molecule has 3 atom stereocenters. The van der Waals surface area contributed by atoms with E-state index in [0.29, 0.717) is 12.8 Å². The molecule has 0 radical (unpaired) electrons. The Morgan fingerprint density at radius 3 is 2.43 bits per heavy atom. The molecule has 0 amide bonds. The Bertz CT molecular complexity index is 830. The highest BCUT2D eigenvalue weighted by Gasteiger charge is 2.71. The van der Waals surface area contributed by atoms with E-state index >= 15 is 0 Å². The Morgan fingerprint density at radius 1 is 1.25 bits per heavy atom. The van der Waals surface area contributed by atoms with Crippen molar-refractivity contribution in [2.24, 2.45) is 22.7 Å². The number of allylic oxidation sites excluding steroid dienone is 1. The summed E-state index contributed by atoms with van der Waals surface area (Å²) < 4.78 is 10.3. The summed E-state index contributed by atoms with van der Waals surface area (Å²) in [6.07, 6.45) is 2.01. The molecule has 1 heterocycles. The van der Waals surface area contributed by atoms with Crippen molar-refractivity contribution in [1.29, 1.82) is 0 Å². The van der Waals surface area contributed by atoms with Crippen LogP contribution in [0.5, 0.6) is 0 Å². The van der Waals surface area contributed by atoms with Crippen LogP contribution in [0.15, 0.2) is 22.8 Å². The molecule has 3 unspecified atom stereocenters. The fraction of sp³-hybridized carbons (Fsp3) is 0.619. The highest BCUT2D eigenvalue weighted by Crippen LogP contribution is 2.63. The summed E-state index contributed by atoms with van der Waals surface area (Å²) in [5, 5.41) is 10.1. The summed E-state index contributed by atoms with van der Waals surface area (Å²) in [6, 6.07) is 0. The first-order valence-electron chi connectivity index (χ1n) is 9.52. The lowest BCUT2D eigenvalue weighted by atomic mass is 9.49. The average molecular weight is 390 g/mol. The highest BCUT2D eigenvalue weighted by atomic mass is 16.6. The van der Waals surface area contributed by atoms with E-state index < -0.39 is 46.5 Å². The van der Waals surface area contributed by atoms with Crippen molar-refractivity contribution >= 4 is 23.7 Å². The second-order valence-electron chi connectivity index (χ2n) is 8.82. The number of carboxylic acids is 1. The predicted molar refractivity (Wildman–Crippen MR) is 98.0 cm³/mol. The third-order valence-electron chi connectivity index (χ3n) is 6.46. The van der Waals surface area contributed by atoms with E-state index in [-0.39, 0.29) is 22.6 Å². The van der Waals surface area contributed by atoms with Gasteiger partial charge in [-0.3, -0.25) is 9.59 Å². The second kappa shape index (κ2) is 6.57. The average Bonchev–Trinajstić information content (AvgIpc) is 2.86. The van der Waals surface area contributed by atoms with Crippen molar-refractivity contribution in [1.82, 2.24) is 0 Å². The van der Waals surface area contributed by atoms with Gasteiger partial charge in [-0.25, -0.2) is 9.59 Å². The van der Waals surface area contributed by atoms with Gasteiger partial charge in [-0.1, -0.05) is 34.1 Å². The van der Waals surface area contributed by atoms with E-state index in [1.54, 1.807) is 13.8 Å². The van der Waals surface area contributed by atoms with E-state index in [9.17, 15) is 24.3 Å². The van der Waals surface area contributed by atoms with Crippen LogP contribution in [0, 0.1) is 22.7 Å². The lowest BCUT2D eigenvalue weighted by Gasteiger charge is -2.49. The van der Waals surface area contributed by atoms with Gasteiger partial charge in [0.15, 0.2) is 6.10 Å². The molecular formula is C21H26O7. The number of methoxy groups -OCH3 is 1. The molecule has 2 aliphatic carbocycles. The van der Waals surface area contributed by atoms with Crippen molar-refractivity contribution < 1.29 is 33.8 Å². The first kappa shape index (κ1) is 20.3. The van der Waals surface area contributed by atoms with E-state index in [1.165, 1.54) is 13.2 Å². The smallest absolute Gasteiger partial charge is 0.334 e. The van der Waals surface area contributed by atoms with E-state index in [0.717, 1.165) is 6.42 Å². The minimum Gasteiger partial charge on any atom is -0.478 e. The molecule has 152 valence electrons. The summed E-state index contributed by atoms with van der Waals surface area (Å²) in [5.41, 5.74) is -1.97. The number of carboxylic acid groups (broad SMARTS) is 1. The van der Waals surface area contributed by atoms with Gasteiger partial charge in [0, 0.05) is 17.1 Å². The van der Waals surface area contributed by atoms with Gasteiger partial charge in [-0.2, -0.15) is 0 Å². The first-order valence-corrected chi connectivity index (χ1v) is 9.52. The number of aliphatic carboxylic acids is 1. The fourth-order valence-corrected chi connectivity index (χ4v) is 5.27. The van der Waals surface area contributed by atoms with Gasteiger partial charge in [-0.15, -0.1) is 0 Å². The standard InChI is InChI=1S/C21H26O7/c1-10(2)11(18(25)27-5)9-12-13(17(23)24)21-8-6-7-20(3,4)16(21)15(14(12)22)28-19(21)26/h9-10,15-16H,6-8H2,1-5H3,(H,23,24)/b11-9+. The highest BCUT2D eigenvalue weighted by molar-refractivity contribution is 6.16.